The predicted molar refractivity (Wildman–Crippen MR) is 93.6 cm³/mol. The number of carbonyl (C=O) groups excluding carboxylic acids is 2. The van der Waals surface area contributed by atoms with E-state index >= 15 is 0 Å². The number of hydrogen-bond donors (Lipinski definition) is 3. The lowest BCUT2D eigenvalue weighted by Crippen LogP contribution is -2.48. The fourth-order valence-corrected chi connectivity index (χ4v) is 2.47. The third-order valence-electron chi connectivity index (χ3n) is 3.39. The molecule has 0 saturated carbocycles. The maximum absolute atomic E-state index is 11.9. The van der Waals surface area contributed by atoms with Crippen LogP contribution in [0.4, 0.5) is 0 Å². The van der Waals surface area contributed by atoms with E-state index in [9.17, 15) is 9.59 Å². The van der Waals surface area contributed by atoms with Crippen LogP contribution in [-0.4, -0.2) is 30.4 Å². The van der Waals surface area contributed by atoms with Gasteiger partial charge >= 0.3 is 0 Å². The maximum Gasteiger partial charge on any atom is 0.239 e. The van der Waals surface area contributed by atoms with Crippen LogP contribution >= 0.6 is 23.2 Å². The van der Waals surface area contributed by atoms with E-state index in [4.69, 9.17) is 28.9 Å². The van der Waals surface area contributed by atoms with Crippen molar-refractivity contribution in [2.45, 2.75) is 39.3 Å². The molecule has 1 aromatic rings. The summed E-state index contributed by atoms with van der Waals surface area (Å²) in [6, 6.07) is 4.51. The predicted octanol–water partition coefficient (Wildman–Crippen LogP) is 2.14. The van der Waals surface area contributed by atoms with Gasteiger partial charge in [-0.2, -0.15) is 0 Å². The Morgan fingerprint density at radius 1 is 1.22 bits per heavy atom. The summed E-state index contributed by atoms with van der Waals surface area (Å²) in [5.41, 5.74) is 6.61. The highest BCUT2D eigenvalue weighted by Crippen LogP contribution is 2.22. The van der Waals surface area contributed by atoms with Crippen molar-refractivity contribution < 1.29 is 9.59 Å². The molecule has 0 aliphatic rings. The molecule has 0 radical (unpaired) electrons. The molecule has 5 nitrogen and oxygen atoms in total. The van der Waals surface area contributed by atoms with Gasteiger partial charge in [-0.15, -0.1) is 0 Å². The van der Waals surface area contributed by atoms with Crippen molar-refractivity contribution in [3.63, 3.8) is 0 Å². The van der Waals surface area contributed by atoms with Crippen LogP contribution in [0.5, 0.6) is 0 Å². The van der Waals surface area contributed by atoms with Crippen LogP contribution in [0.2, 0.25) is 10.0 Å². The third kappa shape index (κ3) is 6.77. The van der Waals surface area contributed by atoms with Crippen molar-refractivity contribution in [2.75, 3.05) is 6.54 Å². The van der Waals surface area contributed by atoms with E-state index in [0.717, 1.165) is 5.56 Å². The van der Waals surface area contributed by atoms with Crippen LogP contribution in [0.15, 0.2) is 18.2 Å². The van der Waals surface area contributed by atoms with Gasteiger partial charge in [-0.1, -0.05) is 43.1 Å². The molecule has 1 unspecified atom stereocenters. The topological polar surface area (TPSA) is 84.2 Å². The van der Waals surface area contributed by atoms with Crippen molar-refractivity contribution in [1.82, 2.24) is 10.6 Å². The minimum atomic E-state index is -0.618. The first-order valence-corrected chi connectivity index (χ1v) is 8.23. The van der Waals surface area contributed by atoms with Crippen molar-refractivity contribution in [1.29, 1.82) is 0 Å². The van der Waals surface area contributed by atoms with Gasteiger partial charge < -0.3 is 16.4 Å². The Bertz CT molecular complexity index is 564. The third-order valence-corrected chi connectivity index (χ3v) is 3.98. The molecule has 0 fully saturated rings. The van der Waals surface area contributed by atoms with Crippen LogP contribution in [0.3, 0.4) is 0 Å². The van der Waals surface area contributed by atoms with E-state index in [1.54, 1.807) is 12.1 Å². The summed E-state index contributed by atoms with van der Waals surface area (Å²) < 4.78 is 0. The second kappa shape index (κ2) is 9.11. The number of rotatable bonds is 7. The zero-order valence-electron chi connectivity index (χ0n) is 13.5. The maximum atomic E-state index is 11.9. The number of benzene rings is 1. The summed E-state index contributed by atoms with van der Waals surface area (Å²) in [5.74, 6) is -0.584. The number of amides is 2. The highest BCUT2D eigenvalue weighted by Gasteiger charge is 2.18. The molecule has 4 N–H and O–H groups in total. The summed E-state index contributed by atoms with van der Waals surface area (Å²) in [4.78, 5) is 23.6. The fourth-order valence-electron chi connectivity index (χ4n) is 1.98. The van der Waals surface area contributed by atoms with Crippen molar-refractivity contribution in [3.8, 4) is 0 Å². The number of nitrogens with two attached hydrogens (primary N) is 1. The second-order valence-electron chi connectivity index (χ2n) is 5.90. The lowest BCUT2D eigenvalue weighted by molar-refractivity contribution is -0.127. The van der Waals surface area contributed by atoms with Gasteiger partial charge in [0.2, 0.25) is 11.8 Å². The Morgan fingerprint density at radius 3 is 2.43 bits per heavy atom. The number of halogens is 2. The molecular weight excluding hydrogens is 337 g/mol. The minimum absolute atomic E-state index is 0.0176. The molecule has 128 valence electrons. The monoisotopic (exact) mass is 359 g/mol. The average Bonchev–Trinajstić information content (AvgIpc) is 2.46. The molecule has 0 aromatic heterocycles. The zero-order valence-corrected chi connectivity index (χ0v) is 15.0. The molecule has 0 heterocycles. The van der Waals surface area contributed by atoms with Gasteiger partial charge in [0, 0.05) is 16.1 Å². The van der Waals surface area contributed by atoms with E-state index < -0.39 is 6.04 Å². The highest BCUT2D eigenvalue weighted by atomic mass is 35.5. The summed E-state index contributed by atoms with van der Waals surface area (Å²) >= 11 is 12.0. The van der Waals surface area contributed by atoms with Crippen LogP contribution < -0.4 is 16.4 Å². The van der Waals surface area contributed by atoms with Gasteiger partial charge in [0.25, 0.3) is 0 Å². The van der Waals surface area contributed by atoms with E-state index in [1.807, 2.05) is 26.8 Å². The standard InChI is InChI=1S/C16H23Cl2N3O2/c1-9(2)15(19)16(23)20-8-14(22)21-10(3)6-11-4-5-12(17)7-13(11)18/h4-5,7,9-10,15H,6,8,19H2,1-3H3,(H,20,23)(H,21,22)/t10?,15-/m0/s1. The summed E-state index contributed by atoms with van der Waals surface area (Å²) in [6.45, 7) is 5.47. The van der Waals surface area contributed by atoms with Crippen molar-refractivity contribution in [3.05, 3.63) is 33.8 Å². The van der Waals surface area contributed by atoms with Crippen molar-refractivity contribution in [2.24, 2.45) is 11.7 Å². The van der Waals surface area contributed by atoms with E-state index in [-0.39, 0.29) is 30.3 Å². The van der Waals surface area contributed by atoms with Gasteiger partial charge in [-0.25, -0.2) is 0 Å². The largest absolute Gasteiger partial charge is 0.352 e. The Hall–Kier alpha value is -1.30. The summed E-state index contributed by atoms with van der Waals surface area (Å²) in [6.07, 6.45) is 0.571. The number of nitrogens with one attached hydrogen (secondary N) is 2. The first kappa shape index (κ1) is 19.7. The average molecular weight is 360 g/mol. The quantitative estimate of drug-likeness (QED) is 0.697. The zero-order chi connectivity index (χ0) is 17.6. The SMILES string of the molecule is CC(Cc1ccc(Cl)cc1Cl)NC(=O)CNC(=O)[C@@H](N)C(C)C. The summed E-state index contributed by atoms with van der Waals surface area (Å²) in [7, 11) is 0. The van der Waals surface area contributed by atoms with Gasteiger partial charge in [0.05, 0.1) is 12.6 Å². The highest BCUT2D eigenvalue weighted by molar-refractivity contribution is 6.35. The van der Waals surface area contributed by atoms with Crippen LogP contribution in [-0.2, 0) is 16.0 Å². The van der Waals surface area contributed by atoms with Crippen LogP contribution in [0.25, 0.3) is 0 Å². The van der Waals surface area contributed by atoms with E-state index in [0.29, 0.717) is 16.5 Å². The minimum Gasteiger partial charge on any atom is -0.352 e. The normalized spacial score (nSPS) is 13.5. The smallest absolute Gasteiger partial charge is 0.239 e. The summed E-state index contributed by atoms with van der Waals surface area (Å²) in [5, 5.41) is 6.47. The Morgan fingerprint density at radius 2 is 1.87 bits per heavy atom. The van der Waals surface area contributed by atoms with Crippen LogP contribution in [0.1, 0.15) is 26.3 Å². The molecule has 0 spiro atoms. The van der Waals surface area contributed by atoms with E-state index in [1.165, 1.54) is 0 Å². The molecule has 0 bridgehead atoms. The lowest BCUT2D eigenvalue weighted by Gasteiger charge is -2.17. The van der Waals surface area contributed by atoms with Gasteiger partial charge in [0.1, 0.15) is 0 Å². The lowest BCUT2D eigenvalue weighted by atomic mass is 10.1. The second-order valence-corrected chi connectivity index (χ2v) is 6.74. The first-order valence-electron chi connectivity index (χ1n) is 7.47. The van der Waals surface area contributed by atoms with Crippen LogP contribution in [0, 0.1) is 5.92 Å². The first-order chi connectivity index (χ1) is 10.7. The molecule has 23 heavy (non-hydrogen) atoms. The molecule has 2 amide bonds. The van der Waals surface area contributed by atoms with E-state index in [2.05, 4.69) is 10.6 Å². The molecule has 0 aliphatic heterocycles. The molecule has 7 heteroatoms. The van der Waals surface area contributed by atoms with Gasteiger partial charge in [-0.05, 0) is 37.0 Å². The number of carbonyl (C=O) groups is 2. The fraction of sp³-hybridized carbons (Fsp3) is 0.500. The molecular formula is C16H23Cl2N3O2. The molecule has 1 aromatic carbocycles. The molecule has 0 saturated heterocycles. The molecule has 1 rings (SSSR count). The Balaban J connectivity index is 2.43. The molecule has 2 atom stereocenters. The van der Waals surface area contributed by atoms with Crippen molar-refractivity contribution >= 4 is 35.0 Å². The Kier molecular flexibility index (Phi) is 7.82. The molecule has 0 aliphatic carbocycles. The van der Waals surface area contributed by atoms with Gasteiger partial charge in [-0.3, -0.25) is 9.59 Å². The van der Waals surface area contributed by atoms with Gasteiger partial charge in [0.15, 0.2) is 0 Å². The Labute approximate surface area is 146 Å². The number of hydrogen-bond acceptors (Lipinski definition) is 3.